The maximum Gasteiger partial charge on any atom is 0.212 e. The van der Waals surface area contributed by atoms with Gasteiger partial charge in [0.05, 0.1) is 5.25 Å². The van der Waals surface area contributed by atoms with Crippen LogP contribution in [0.3, 0.4) is 0 Å². The van der Waals surface area contributed by atoms with E-state index in [0.717, 1.165) is 5.56 Å². The highest BCUT2D eigenvalue weighted by Crippen LogP contribution is 2.03. The number of sulfonamides is 1. The van der Waals surface area contributed by atoms with Crippen molar-refractivity contribution in [3.8, 4) is 0 Å². The van der Waals surface area contributed by atoms with Gasteiger partial charge in [0.25, 0.3) is 0 Å². The number of aromatic nitrogens is 2. The Hall–Kier alpha value is -1.01. The van der Waals surface area contributed by atoms with Crippen LogP contribution in [0, 0.1) is 6.92 Å². The third kappa shape index (κ3) is 3.04. The number of primary sulfonamides is 1. The van der Waals surface area contributed by atoms with E-state index in [1.54, 1.807) is 19.3 Å². The highest BCUT2D eigenvalue weighted by Gasteiger charge is 2.17. The summed E-state index contributed by atoms with van der Waals surface area (Å²) in [5.74, 6) is 0.497. The summed E-state index contributed by atoms with van der Waals surface area (Å²) >= 11 is 0. The van der Waals surface area contributed by atoms with Gasteiger partial charge in [0.2, 0.25) is 10.0 Å². The number of aryl methyl sites for hydroxylation is 1. The minimum Gasteiger partial charge on any atom is -0.241 e. The van der Waals surface area contributed by atoms with Crippen LogP contribution in [-0.2, 0) is 16.4 Å². The van der Waals surface area contributed by atoms with Gasteiger partial charge in [0.1, 0.15) is 5.82 Å². The Morgan fingerprint density at radius 2 is 1.93 bits per heavy atom. The summed E-state index contributed by atoms with van der Waals surface area (Å²) < 4.78 is 21.8. The highest BCUT2D eigenvalue weighted by atomic mass is 32.2. The summed E-state index contributed by atoms with van der Waals surface area (Å²) in [6, 6.07) is 0. The first-order valence-corrected chi connectivity index (χ1v) is 5.79. The summed E-state index contributed by atoms with van der Waals surface area (Å²) in [4.78, 5) is 8.00. The lowest BCUT2D eigenvalue weighted by atomic mass is 10.3. The minimum absolute atomic E-state index is 0.249. The molecular weight excluding hydrogens is 202 g/mol. The van der Waals surface area contributed by atoms with Crippen molar-refractivity contribution in [1.29, 1.82) is 0 Å². The second-order valence-corrected chi connectivity index (χ2v) is 5.26. The van der Waals surface area contributed by atoms with Gasteiger partial charge in [-0.3, -0.25) is 0 Å². The van der Waals surface area contributed by atoms with Crippen LogP contribution in [-0.4, -0.2) is 23.6 Å². The van der Waals surface area contributed by atoms with Crippen molar-refractivity contribution >= 4 is 10.0 Å². The van der Waals surface area contributed by atoms with E-state index in [0.29, 0.717) is 5.82 Å². The van der Waals surface area contributed by atoms with E-state index in [1.807, 2.05) is 6.92 Å². The molecule has 1 aromatic rings. The van der Waals surface area contributed by atoms with Crippen molar-refractivity contribution < 1.29 is 8.42 Å². The largest absolute Gasteiger partial charge is 0.241 e. The third-order valence-corrected chi connectivity index (χ3v) is 3.15. The van der Waals surface area contributed by atoms with Crippen LogP contribution in [0.5, 0.6) is 0 Å². The zero-order chi connectivity index (χ0) is 10.8. The molecule has 1 aromatic heterocycles. The quantitative estimate of drug-likeness (QED) is 0.769. The molecule has 0 saturated carbocycles. The summed E-state index contributed by atoms with van der Waals surface area (Å²) in [6.07, 6.45) is 3.55. The molecule has 1 atom stereocenters. The SMILES string of the molecule is Cc1cnc(CC(C)S(N)(=O)=O)nc1. The van der Waals surface area contributed by atoms with Gasteiger partial charge in [-0.2, -0.15) is 0 Å². The van der Waals surface area contributed by atoms with E-state index < -0.39 is 15.3 Å². The molecule has 0 radical (unpaired) electrons. The molecule has 0 aromatic carbocycles. The number of hydrogen-bond acceptors (Lipinski definition) is 4. The summed E-state index contributed by atoms with van der Waals surface area (Å²) in [7, 11) is -3.49. The Labute approximate surface area is 83.4 Å². The number of nitrogens with two attached hydrogens (primary N) is 1. The summed E-state index contributed by atoms with van der Waals surface area (Å²) in [5, 5.41) is 4.33. The molecule has 2 N–H and O–H groups in total. The first-order valence-electron chi connectivity index (χ1n) is 4.18. The van der Waals surface area contributed by atoms with Gasteiger partial charge in [0.15, 0.2) is 0 Å². The van der Waals surface area contributed by atoms with Crippen LogP contribution >= 0.6 is 0 Å². The standard InChI is InChI=1S/C8H13N3O2S/c1-6-4-10-8(11-5-6)3-7(2)14(9,12)13/h4-5,7H,3H2,1-2H3,(H2,9,12,13). The lowest BCUT2D eigenvalue weighted by molar-refractivity contribution is 0.582. The zero-order valence-electron chi connectivity index (χ0n) is 8.14. The Kier molecular flexibility index (Phi) is 3.17. The van der Waals surface area contributed by atoms with Gasteiger partial charge in [-0.15, -0.1) is 0 Å². The maximum absolute atomic E-state index is 10.9. The molecule has 0 fully saturated rings. The number of nitrogens with zero attached hydrogens (tertiary/aromatic N) is 2. The second-order valence-electron chi connectivity index (χ2n) is 3.28. The Morgan fingerprint density at radius 1 is 1.43 bits per heavy atom. The minimum atomic E-state index is -3.49. The van der Waals surface area contributed by atoms with Crippen molar-refractivity contribution in [2.75, 3.05) is 0 Å². The molecule has 78 valence electrons. The monoisotopic (exact) mass is 215 g/mol. The average molecular weight is 215 g/mol. The zero-order valence-corrected chi connectivity index (χ0v) is 8.95. The molecule has 0 aliphatic heterocycles. The Balaban J connectivity index is 2.75. The molecule has 1 heterocycles. The predicted molar refractivity (Wildman–Crippen MR) is 53.0 cm³/mol. The van der Waals surface area contributed by atoms with E-state index >= 15 is 0 Å². The molecule has 0 aliphatic carbocycles. The molecule has 5 nitrogen and oxygen atoms in total. The molecule has 0 amide bonds. The fourth-order valence-corrected chi connectivity index (χ4v) is 1.28. The van der Waals surface area contributed by atoms with Gasteiger partial charge >= 0.3 is 0 Å². The molecule has 0 saturated heterocycles. The van der Waals surface area contributed by atoms with Crippen molar-refractivity contribution in [3.63, 3.8) is 0 Å². The highest BCUT2D eigenvalue weighted by molar-refractivity contribution is 7.89. The fraction of sp³-hybridized carbons (Fsp3) is 0.500. The molecule has 6 heteroatoms. The van der Waals surface area contributed by atoms with Gasteiger partial charge in [-0.05, 0) is 19.4 Å². The van der Waals surface area contributed by atoms with E-state index in [4.69, 9.17) is 5.14 Å². The van der Waals surface area contributed by atoms with E-state index in [-0.39, 0.29) is 6.42 Å². The van der Waals surface area contributed by atoms with Crippen LogP contribution < -0.4 is 5.14 Å². The molecule has 1 rings (SSSR count). The van der Waals surface area contributed by atoms with Crippen molar-refractivity contribution in [3.05, 3.63) is 23.8 Å². The molecule has 0 spiro atoms. The van der Waals surface area contributed by atoms with Crippen LogP contribution in [0.25, 0.3) is 0 Å². The van der Waals surface area contributed by atoms with Crippen molar-refractivity contribution in [2.24, 2.45) is 5.14 Å². The van der Waals surface area contributed by atoms with Crippen LogP contribution in [0.1, 0.15) is 18.3 Å². The van der Waals surface area contributed by atoms with E-state index in [9.17, 15) is 8.42 Å². The van der Waals surface area contributed by atoms with Gasteiger partial charge < -0.3 is 0 Å². The van der Waals surface area contributed by atoms with Crippen LogP contribution in [0.2, 0.25) is 0 Å². The summed E-state index contributed by atoms with van der Waals surface area (Å²) in [5.41, 5.74) is 0.942. The lowest BCUT2D eigenvalue weighted by Crippen LogP contribution is -2.28. The average Bonchev–Trinajstić information content (AvgIpc) is 2.07. The van der Waals surface area contributed by atoms with E-state index in [1.165, 1.54) is 0 Å². The molecular formula is C8H13N3O2S. The van der Waals surface area contributed by atoms with Crippen molar-refractivity contribution in [1.82, 2.24) is 9.97 Å². The number of rotatable bonds is 3. The van der Waals surface area contributed by atoms with Gasteiger partial charge in [-0.1, -0.05) is 0 Å². The van der Waals surface area contributed by atoms with Gasteiger partial charge in [-0.25, -0.2) is 23.5 Å². The van der Waals surface area contributed by atoms with Gasteiger partial charge in [0, 0.05) is 18.8 Å². The van der Waals surface area contributed by atoms with E-state index in [2.05, 4.69) is 9.97 Å². The topological polar surface area (TPSA) is 85.9 Å². The van der Waals surface area contributed by atoms with Crippen LogP contribution in [0.4, 0.5) is 0 Å². The Morgan fingerprint density at radius 3 is 2.36 bits per heavy atom. The van der Waals surface area contributed by atoms with Crippen LogP contribution in [0.15, 0.2) is 12.4 Å². The van der Waals surface area contributed by atoms with Crippen molar-refractivity contribution in [2.45, 2.75) is 25.5 Å². The predicted octanol–water partition coefficient (Wildman–Crippen LogP) is 0.00452. The Bertz CT molecular complexity index is 399. The third-order valence-electron chi connectivity index (χ3n) is 1.87. The maximum atomic E-state index is 10.9. The number of hydrogen-bond donors (Lipinski definition) is 1. The first-order chi connectivity index (χ1) is 6.39. The lowest BCUT2D eigenvalue weighted by Gasteiger charge is -2.06. The summed E-state index contributed by atoms with van der Waals surface area (Å²) in [6.45, 7) is 3.41. The normalized spacial score (nSPS) is 13.9. The first kappa shape index (κ1) is 11.1. The smallest absolute Gasteiger partial charge is 0.212 e. The molecule has 0 aliphatic rings. The molecule has 14 heavy (non-hydrogen) atoms. The molecule has 1 unspecified atom stereocenters. The second kappa shape index (κ2) is 4.02. The molecule has 0 bridgehead atoms. The fourth-order valence-electron chi connectivity index (χ4n) is 0.898.